The summed E-state index contributed by atoms with van der Waals surface area (Å²) < 4.78 is 22.5. The van der Waals surface area contributed by atoms with Gasteiger partial charge in [0.15, 0.2) is 11.5 Å². The van der Waals surface area contributed by atoms with E-state index in [0.29, 0.717) is 69.0 Å². The van der Waals surface area contributed by atoms with Gasteiger partial charge in [-0.25, -0.2) is 4.79 Å². The third-order valence-corrected chi connectivity index (χ3v) is 8.86. The molecule has 10 heteroatoms. The molecule has 0 spiro atoms. The molecule has 2 aromatic rings. The van der Waals surface area contributed by atoms with Crippen molar-refractivity contribution in [2.75, 3.05) is 40.5 Å². The van der Waals surface area contributed by atoms with Crippen molar-refractivity contribution in [2.24, 2.45) is 0 Å². The van der Waals surface area contributed by atoms with Crippen LogP contribution in [0.2, 0.25) is 0 Å². The molecule has 3 amide bonds. The van der Waals surface area contributed by atoms with Crippen LogP contribution in [0.3, 0.4) is 0 Å². The van der Waals surface area contributed by atoms with E-state index in [1.807, 2.05) is 74.8 Å². The van der Waals surface area contributed by atoms with Crippen LogP contribution in [0.1, 0.15) is 89.1 Å². The first-order valence-electron chi connectivity index (χ1n) is 17.4. The maximum Gasteiger partial charge on any atom is 0.410 e. The van der Waals surface area contributed by atoms with Gasteiger partial charge in [-0.1, -0.05) is 30.3 Å². The molecule has 4 rings (SSSR count). The molecule has 1 unspecified atom stereocenters. The standard InChI is InChI=1S/C38H55N3O7/c1-27(2)41(36(43)29-14-19-33(46-7)34(25-29)47-23-11-22-45-6)32-18-17-31(40(26-32)37(44)48-38(3,4)5)20-21-39(30-15-16-30)35(42)24-28-12-9-8-10-13-28/h8-10,12-14,19,25,27,30-32H,11,15-18,20-24,26H2,1-7H3/t31-,32?/m0/s1. The molecule has 2 atom stereocenters. The van der Waals surface area contributed by atoms with E-state index in [9.17, 15) is 14.4 Å². The van der Waals surface area contributed by atoms with E-state index >= 15 is 0 Å². The molecule has 1 aliphatic heterocycles. The molecule has 1 aliphatic carbocycles. The van der Waals surface area contributed by atoms with Crippen molar-refractivity contribution in [3.63, 3.8) is 0 Å². The summed E-state index contributed by atoms with van der Waals surface area (Å²) in [6, 6.07) is 14.9. The summed E-state index contributed by atoms with van der Waals surface area (Å²) in [5, 5.41) is 0. The first kappa shape index (κ1) is 37.0. The van der Waals surface area contributed by atoms with Gasteiger partial charge in [-0.3, -0.25) is 9.59 Å². The summed E-state index contributed by atoms with van der Waals surface area (Å²) in [5.41, 5.74) is 0.828. The van der Waals surface area contributed by atoms with Crippen LogP contribution in [0.5, 0.6) is 11.5 Å². The molecule has 2 fully saturated rings. The van der Waals surface area contributed by atoms with Gasteiger partial charge in [0.2, 0.25) is 5.91 Å². The molecule has 0 bridgehead atoms. The van der Waals surface area contributed by atoms with Gasteiger partial charge in [-0.15, -0.1) is 0 Å². The third kappa shape index (κ3) is 10.4. The van der Waals surface area contributed by atoms with Crippen LogP contribution in [0.4, 0.5) is 4.79 Å². The van der Waals surface area contributed by atoms with Crippen molar-refractivity contribution in [1.82, 2.24) is 14.7 Å². The normalized spacial score (nSPS) is 18.0. The highest BCUT2D eigenvalue weighted by molar-refractivity contribution is 5.95. The van der Waals surface area contributed by atoms with Crippen LogP contribution < -0.4 is 9.47 Å². The Kier molecular flexibility index (Phi) is 13.2. The molecule has 10 nitrogen and oxygen atoms in total. The second-order valence-corrected chi connectivity index (χ2v) is 14.2. The van der Waals surface area contributed by atoms with Crippen molar-refractivity contribution in [1.29, 1.82) is 0 Å². The summed E-state index contributed by atoms with van der Waals surface area (Å²) in [7, 11) is 3.22. The third-order valence-electron chi connectivity index (χ3n) is 8.86. The second-order valence-electron chi connectivity index (χ2n) is 14.2. The monoisotopic (exact) mass is 665 g/mol. The van der Waals surface area contributed by atoms with Crippen molar-refractivity contribution in [3.8, 4) is 11.5 Å². The summed E-state index contributed by atoms with van der Waals surface area (Å²) in [6.45, 7) is 11.5. The topological polar surface area (TPSA) is 97.9 Å². The summed E-state index contributed by atoms with van der Waals surface area (Å²) >= 11 is 0. The number of ether oxygens (including phenoxy) is 4. The molecule has 1 saturated carbocycles. The first-order chi connectivity index (χ1) is 22.9. The van der Waals surface area contributed by atoms with Crippen LogP contribution in [0.25, 0.3) is 0 Å². The number of benzene rings is 2. The predicted octanol–water partition coefficient (Wildman–Crippen LogP) is 6.35. The fourth-order valence-corrected chi connectivity index (χ4v) is 6.42. The van der Waals surface area contributed by atoms with Crippen molar-refractivity contribution < 1.29 is 33.3 Å². The summed E-state index contributed by atoms with van der Waals surface area (Å²) in [5.74, 6) is 1.05. The van der Waals surface area contributed by atoms with Crippen LogP contribution in [-0.4, -0.2) is 103 Å². The minimum absolute atomic E-state index is 0.112. The Morgan fingerprint density at radius 3 is 2.25 bits per heavy atom. The van der Waals surface area contributed by atoms with Gasteiger partial charge in [0.1, 0.15) is 5.60 Å². The number of hydrogen-bond donors (Lipinski definition) is 0. The van der Waals surface area contributed by atoms with E-state index in [0.717, 1.165) is 24.8 Å². The highest BCUT2D eigenvalue weighted by atomic mass is 16.6. The number of nitrogens with zero attached hydrogens (tertiary/aromatic N) is 3. The Hall–Kier alpha value is -3.79. The molecule has 0 N–H and O–H groups in total. The SMILES string of the molecule is COCCCOc1cc(C(=O)N(C(C)C)C2CC[C@@H](CCN(C(=O)Cc3ccccc3)C3CC3)N(C(=O)OC(C)(C)C)C2)ccc1OC. The zero-order chi connectivity index (χ0) is 34.8. The Labute approximate surface area is 286 Å². The molecule has 0 aromatic heterocycles. The maximum absolute atomic E-state index is 14.2. The average molecular weight is 666 g/mol. The maximum atomic E-state index is 14.2. The Morgan fingerprint density at radius 2 is 1.62 bits per heavy atom. The van der Waals surface area contributed by atoms with Crippen LogP contribution in [-0.2, 0) is 20.7 Å². The molecule has 2 aromatic carbocycles. The van der Waals surface area contributed by atoms with Gasteiger partial charge in [-0.2, -0.15) is 0 Å². The molecule has 264 valence electrons. The lowest BCUT2D eigenvalue weighted by molar-refractivity contribution is -0.131. The lowest BCUT2D eigenvalue weighted by Gasteiger charge is -2.45. The van der Waals surface area contributed by atoms with Crippen LogP contribution in [0.15, 0.2) is 48.5 Å². The molecule has 48 heavy (non-hydrogen) atoms. The minimum atomic E-state index is -0.670. The largest absolute Gasteiger partial charge is 0.493 e. The molecular formula is C38H55N3O7. The van der Waals surface area contributed by atoms with Gasteiger partial charge >= 0.3 is 6.09 Å². The number of amides is 3. The summed E-state index contributed by atoms with van der Waals surface area (Å²) in [4.78, 5) is 47.0. The number of piperidine rings is 1. The molecule has 2 aliphatic rings. The fourth-order valence-electron chi connectivity index (χ4n) is 6.42. The van der Waals surface area contributed by atoms with Crippen LogP contribution in [0, 0.1) is 0 Å². The number of hydrogen-bond acceptors (Lipinski definition) is 7. The van der Waals surface area contributed by atoms with Gasteiger partial charge in [-0.05, 0) is 90.5 Å². The summed E-state index contributed by atoms with van der Waals surface area (Å²) in [6.07, 6.45) is 4.79. The number of carbonyl (C=O) groups excluding carboxylic acids is 3. The lowest BCUT2D eigenvalue weighted by atomic mass is 9.93. The smallest absolute Gasteiger partial charge is 0.410 e. The Bertz CT molecular complexity index is 1360. The number of rotatable bonds is 15. The van der Waals surface area contributed by atoms with Crippen molar-refractivity contribution in [3.05, 3.63) is 59.7 Å². The molecular weight excluding hydrogens is 610 g/mol. The predicted molar refractivity (Wildman–Crippen MR) is 186 cm³/mol. The van der Waals surface area contributed by atoms with E-state index < -0.39 is 11.7 Å². The van der Waals surface area contributed by atoms with E-state index in [1.165, 1.54) is 0 Å². The molecule has 1 saturated heterocycles. The fraction of sp³-hybridized carbons (Fsp3) is 0.605. The van der Waals surface area contributed by atoms with E-state index in [-0.39, 0.29) is 36.0 Å². The lowest BCUT2D eigenvalue weighted by Crippen LogP contribution is -2.58. The van der Waals surface area contributed by atoms with E-state index in [1.54, 1.807) is 37.3 Å². The first-order valence-corrected chi connectivity index (χ1v) is 17.4. The Balaban J connectivity index is 1.50. The zero-order valence-corrected chi connectivity index (χ0v) is 29.9. The van der Waals surface area contributed by atoms with Crippen molar-refractivity contribution in [2.45, 2.75) is 109 Å². The number of methoxy groups -OCH3 is 2. The molecule has 0 radical (unpaired) electrons. The van der Waals surface area contributed by atoms with Gasteiger partial charge in [0.25, 0.3) is 5.91 Å². The van der Waals surface area contributed by atoms with Gasteiger partial charge in [0, 0.05) is 56.9 Å². The van der Waals surface area contributed by atoms with E-state index in [4.69, 9.17) is 18.9 Å². The highest BCUT2D eigenvalue weighted by Gasteiger charge is 2.40. The molecule has 1 heterocycles. The van der Waals surface area contributed by atoms with Crippen molar-refractivity contribution >= 4 is 17.9 Å². The van der Waals surface area contributed by atoms with Gasteiger partial charge < -0.3 is 33.6 Å². The van der Waals surface area contributed by atoms with Crippen LogP contribution >= 0.6 is 0 Å². The second kappa shape index (κ2) is 17.0. The average Bonchev–Trinajstić information content (AvgIpc) is 3.88. The Morgan fingerprint density at radius 1 is 0.917 bits per heavy atom. The number of likely N-dealkylation sites (tertiary alicyclic amines) is 1. The minimum Gasteiger partial charge on any atom is -0.493 e. The van der Waals surface area contributed by atoms with Gasteiger partial charge in [0.05, 0.1) is 26.2 Å². The number of carbonyl (C=O) groups is 3. The quantitative estimate of drug-likeness (QED) is 0.205. The zero-order valence-electron chi connectivity index (χ0n) is 29.9. The van der Waals surface area contributed by atoms with E-state index in [2.05, 4.69) is 0 Å². The highest BCUT2D eigenvalue weighted by Crippen LogP contribution is 2.33.